The molecule has 0 aliphatic heterocycles. The zero-order valence-corrected chi connectivity index (χ0v) is 9.57. The van der Waals surface area contributed by atoms with Gasteiger partial charge in [-0.3, -0.25) is 4.68 Å². The van der Waals surface area contributed by atoms with Gasteiger partial charge in [0.15, 0.2) is 0 Å². The van der Waals surface area contributed by atoms with Gasteiger partial charge in [0, 0.05) is 17.2 Å². The molecule has 2 rings (SSSR count). The number of aromatic nitrogens is 2. The van der Waals surface area contributed by atoms with E-state index in [-0.39, 0.29) is 17.6 Å². The average Bonchev–Trinajstić information content (AvgIpc) is 2.44. The number of aliphatic hydroxyl groups is 1. The van der Waals surface area contributed by atoms with E-state index in [1.165, 1.54) is 0 Å². The smallest absolute Gasteiger partial charge is 0.145 e. The maximum atomic E-state index is 9.66. The molecular formula is C11H19N3O. The number of nitrogens with zero attached hydrogens (tertiary/aromatic N) is 2. The second-order valence-electron chi connectivity index (χ2n) is 5.36. The maximum Gasteiger partial charge on any atom is 0.145 e. The Morgan fingerprint density at radius 1 is 1.47 bits per heavy atom. The summed E-state index contributed by atoms with van der Waals surface area (Å²) in [6, 6.07) is 2.03. The molecule has 4 nitrogen and oxygen atoms in total. The molecule has 1 aliphatic carbocycles. The van der Waals surface area contributed by atoms with Gasteiger partial charge in [-0.25, -0.2) is 0 Å². The van der Waals surface area contributed by atoms with Gasteiger partial charge < -0.3 is 10.8 Å². The Balaban J connectivity index is 2.38. The molecule has 0 amide bonds. The lowest BCUT2D eigenvalue weighted by molar-refractivity contribution is 0.0228. The first-order chi connectivity index (χ1) is 6.89. The minimum absolute atomic E-state index is 0.0138. The molecule has 1 saturated carbocycles. The lowest BCUT2D eigenvalue weighted by Crippen LogP contribution is -2.37. The second kappa shape index (κ2) is 3.23. The van der Waals surface area contributed by atoms with Crippen LogP contribution in [0.5, 0.6) is 0 Å². The number of anilines is 1. The monoisotopic (exact) mass is 209 g/mol. The fourth-order valence-corrected chi connectivity index (χ4v) is 1.98. The lowest BCUT2D eigenvalue weighted by atomic mass is 9.86. The number of nitrogen functional groups attached to an aromatic ring is 1. The van der Waals surface area contributed by atoms with E-state index in [4.69, 9.17) is 5.73 Å². The topological polar surface area (TPSA) is 64.1 Å². The highest BCUT2D eigenvalue weighted by Gasteiger charge is 2.34. The van der Waals surface area contributed by atoms with E-state index in [0.717, 1.165) is 18.5 Å². The number of hydrogen-bond acceptors (Lipinski definition) is 3. The Bertz CT molecular complexity index is 364. The molecular weight excluding hydrogens is 190 g/mol. The highest BCUT2D eigenvalue weighted by Crippen LogP contribution is 2.36. The van der Waals surface area contributed by atoms with Gasteiger partial charge >= 0.3 is 0 Å². The third kappa shape index (κ3) is 1.74. The highest BCUT2D eigenvalue weighted by molar-refractivity contribution is 5.33. The van der Waals surface area contributed by atoms with Crippen molar-refractivity contribution in [2.75, 3.05) is 5.73 Å². The fraction of sp³-hybridized carbons (Fsp3) is 0.727. The average molecular weight is 209 g/mol. The van der Waals surface area contributed by atoms with Crippen LogP contribution in [0.1, 0.15) is 45.3 Å². The van der Waals surface area contributed by atoms with Gasteiger partial charge in [0.2, 0.25) is 0 Å². The van der Waals surface area contributed by atoms with E-state index in [2.05, 4.69) is 25.9 Å². The predicted molar refractivity (Wildman–Crippen MR) is 59.6 cm³/mol. The molecule has 1 fully saturated rings. The van der Waals surface area contributed by atoms with Gasteiger partial charge in [0.05, 0.1) is 12.1 Å². The molecule has 15 heavy (non-hydrogen) atoms. The first-order valence-electron chi connectivity index (χ1n) is 5.43. The van der Waals surface area contributed by atoms with E-state index < -0.39 is 0 Å². The van der Waals surface area contributed by atoms with E-state index in [9.17, 15) is 5.11 Å². The minimum Gasteiger partial charge on any atom is -0.391 e. The van der Waals surface area contributed by atoms with Crippen molar-refractivity contribution >= 4 is 5.82 Å². The molecule has 4 heteroatoms. The van der Waals surface area contributed by atoms with Crippen LogP contribution in [-0.2, 0) is 5.41 Å². The van der Waals surface area contributed by atoms with Gasteiger partial charge in [-0.1, -0.05) is 20.8 Å². The molecule has 2 atom stereocenters. The molecule has 1 aliphatic rings. The fourth-order valence-electron chi connectivity index (χ4n) is 1.98. The van der Waals surface area contributed by atoms with Crippen LogP contribution in [0.4, 0.5) is 5.82 Å². The van der Waals surface area contributed by atoms with Crippen LogP contribution in [0, 0.1) is 0 Å². The van der Waals surface area contributed by atoms with Crippen molar-refractivity contribution in [3.05, 3.63) is 11.8 Å². The summed E-state index contributed by atoms with van der Waals surface area (Å²) in [5.41, 5.74) is 6.84. The molecule has 1 heterocycles. The summed E-state index contributed by atoms with van der Waals surface area (Å²) < 4.78 is 1.91. The second-order valence-corrected chi connectivity index (χ2v) is 5.36. The minimum atomic E-state index is -0.259. The summed E-state index contributed by atoms with van der Waals surface area (Å²) in [6.45, 7) is 6.39. The van der Waals surface area contributed by atoms with Crippen LogP contribution in [0.3, 0.4) is 0 Å². The molecule has 0 radical (unpaired) electrons. The highest BCUT2D eigenvalue weighted by atomic mass is 16.3. The lowest BCUT2D eigenvalue weighted by Gasteiger charge is -2.35. The third-order valence-electron chi connectivity index (χ3n) is 3.04. The van der Waals surface area contributed by atoms with Crippen LogP contribution >= 0.6 is 0 Å². The molecule has 1 aromatic rings. The van der Waals surface area contributed by atoms with Crippen molar-refractivity contribution in [1.29, 1.82) is 0 Å². The van der Waals surface area contributed by atoms with Gasteiger partial charge in [-0.2, -0.15) is 5.10 Å². The van der Waals surface area contributed by atoms with E-state index in [1.807, 2.05) is 10.7 Å². The molecule has 0 aromatic carbocycles. The predicted octanol–water partition coefficient (Wildman–Crippen LogP) is 1.46. The normalized spacial score (nSPS) is 26.4. The quantitative estimate of drug-likeness (QED) is 0.736. The van der Waals surface area contributed by atoms with Crippen molar-refractivity contribution in [3.63, 3.8) is 0 Å². The van der Waals surface area contributed by atoms with Crippen molar-refractivity contribution < 1.29 is 5.11 Å². The molecule has 0 spiro atoms. The summed E-state index contributed by atoms with van der Waals surface area (Å²) in [4.78, 5) is 0. The number of nitrogens with two attached hydrogens (primary N) is 1. The Hall–Kier alpha value is -1.03. The Morgan fingerprint density at radius 2 is 2.13 bits per heavy atom. The first-order valence-corrected chi connectivity index (χ1v) is 5.43. The first kappa shape index (κ1) is 10.5. The molecule has 1 aromatic heterocycles. The van der Waals surface area contributed by atoms with Crippen LogP contribution in [0.15, 0.2) is 6.07 Å². The van der Waals surface area contributed by atoms with E-state index in [0.29, 0.717) is 5.82 Å². The van der Waals surface area contributed by atoms with Gasteiger partial charge in [0.1, 0.15) is 5.82 Å². The van der Waals surface area contributed by atoms with Crippen molar-refractivity contribution in [2.45, 2.75) is 51.2 Å². The number of hydrogen-bond donors (Lipinski definition) is 2. The van der Waals surface area contributed by atoms with Crippen molar-refractivity contribution in [3.8, 4) is 0 Å². The van der Waals surface area contributed by atoms with Crippen molar-refractivity contribution in [2.24, 2.45) is 0 Å². The van der Waals surface area contributed by atoms with Gasteiger partial charge in [-0.15, -0.1) is 0 Å². The van der Waals surface area contributed by atoms with Crippen LogP contribution in [-0.4, -0.2) is 21.0 Å². The zero-order valence-electron chi connectivity index (χ0n) is 9.57. The zero-order chi connectivity index (χ0) is 11.2. The molecule has 0 saturated heterocycles. The summed E-state index contributed by atoms with van der Waals surface area (Å²) >= 11 is 0. The Labute approximate surface area is 90.1 Å². The summed E-state index contributed by atoms with van der Waals surface area (Å²) in [7, 11) is 0. The molecule has 84 valence electrons. The summed E-state index contributed by atoms with van der Waals surface area (Å²) in [5, 5.41) is 13.9. The third-order valence-corrected chi connectivity index (χ3v) is 3.04. The van der Waals surface area contributed by atoms with Crippen LogP contribution < -0.4 is 5.73 Å². The summed E-state index contributed by atoms with van der Waals surface area (Å²) in [5.74, 6) is 0.541. The largest absolute Gasteiger partial charge is 0.391 e. The molecule has 0 bridgehead atoms. The number of rotatable bonds is 1. The Morgan fingerprint density at radius 3 is 2.53 bits per heavy atom. The SMILES string of the molecule is CC(C)(C)c1cc(N)nn1C1CC[C@H]1O. The maximum absolute atomic E-state index is 9.66. The standard InChI is InChI=1S/C11H19N3O/c1-11(2,3)9-6-10(12)13-14(9)7-4-5-8(7)15/h6-8,15H,4-5H2,1-3H3,(H2,12,13)/t7?,8-/m1/s1. The van der Waals surface area contributed by atoms with Gasteiger partial charge in [-0.05, 0) is 12.8 Å². The number of aliphatic hydroxyl groups excluding tert-OH is 1. The molecule has 1 unspecified atom stereocenters. The van der Waals surface area contributed by atoms with E-state index >= 15 is 0 Å². The van der Waals surface area contributed by atoms with Crippen LogP contribution in [0.25, 0.3) is 0 Å². The van der Waals surface area contributed by atoms with E-state index in [1.54, 1.807) is 0 Å². The Kier molecular flexibility index (Phi) is 2.26. The van der Waals surface area contributed by atoms with Crippen molar-refractivity contribution in [1.82, 2.24) is 9.78 Å². The van der Waals surface area contributed by atoms with Crippen LogP contribution in [0.2, 0.25) is 0 Å². The molecule has 3 N–H and O–H groups in total. The summed E-state index contributed by atoms with van der Waals surface area (Å²) in [6.07, 6.45) is 1.60. The van der Waals surface area contributed by atoms with Gasteiger partial charge in [0.25, 0.3) is 0 Å².